The molecule has 3 aromatic carbocycles. The summed E-state index contributed by atoms with van der Waals surface area (Å²) < 4.78 is 5.71. The van der Waals surface area contributed by atoms with Crippen molar-refractivity contribution in [2.24, 2.45) is 0 Å². The quantitative estimate of drug-likeness (QED) is 0.660. The van der Waals surface area contributed by atoms with E-state index in [0.717, 1.165) is 10.8 Å². The molecule has 0 N–H and O–H groups in total. The van der Waals surface area contributed by atoms with E-state index in [1.807, 2.05) is 42.5 Å². The van der Waals surface area contributed by atoms with Gasteiger partial charge in [0.15, 0.2) is 18.2 Å². The molecular weight excluding hydrogens is 288 g/mol. The monoisotopic (exact) mass is 304 g/mol. The summed E-state index contributed by atoms with van der Waals surface area (Å²) in [4.78, 5) is 23.9. The maximum Gasteiger partial charge on any atom is 0.200 e. The summed E-state index contributed by atoms with van der Waals surface area (Å²) in [6.07, 6.45) is 0. The number of hydrogen-bond acceptors (Lipinski definition) is 3. The highest BCUT2D eigenvalue weighted by Crippen LogP contribution is 2.29. The summed E-state index contributed by atoms with van der Waals surface area (Å²) in [5, 5.41) is 1.67. The van der Waals surface area contributed by atoms with Crippen molar-refractivity contribution >= 4 is 22.3 Å². The maximum absolute atomic E-state index is 12.2. The number of ketones is 2. The Balaban J connectivity index is 1.88. The maximum atomic E-state index is 12.2. The van der Waals surface area contributed by atoms with Gasteiger partial charge in [-0.2, -0.15) is 0 Å². The standard InChI is InChI=1S/C20H16O3/c1-14(21)16-11-12-20(18-10-6-5-9-17(16)18)23-13-19(22)15-7-3-2-4-8-15/h2-12H,13H2,1H3. The first-order chi connectivity index (χ1) is 11.2. The van der Waals surface area contributed by atoms with Gasteiger partial charge in [-0.15, -0.1) is 0 Å². The van der Waals surface area contributed by atoms with Crippen molar-refractivity contribution < 1.29 is 14.3 Å². The molecule has 0 amide bonds. The lowest BCUT2D eigenvalue weighted by Crippen LogP contribution is -2.11. The number of ether oxygens (including phenoxy) is 1. The van der Waals surface area contributed by atoms with Crippen LogP contribution >= 0.6 is 0 Å². The third-order valence-electron chi connectivity index (χ3n) is 3.72. The molecular formula is C20H16O3. The Morgan fingerprint density at radius 3 is 2.17 bits per heavy atom. The number of carbonyl (C=O) groups excluding carboxylic acids is 2. The van der Waals surface area contributed by atoms with Crippen LogP contribution in [0, 0.1) is 0 Å². The molecule has 3 nitrogen and oxygen atoms in total. The first-order valence-electron chi connectivity index (χ1n) is 7.40. The van der Waals surface area contributed by atoms with Gasteiger partial charge in [-0.25, -0.2) is 0 Å². The van der Waals surface area contributed by atoms with E-state index in [0.29, 0.717) is 16.9 Å². The molecule has 0 atom stereocenters. The molecule has 114 valence electrons. The molecule has 0 spiro atoms. The van der Waals surface area contributed by atoms with Gasteiger partial charge in [0, 0.05) is 16.5 Å². The summed E-state index contributed by atoms with van der Waals surface area (Å²) in [5.41, 5.74) is 1.28. The van der Waals surface area contributed by atoms with Gasteiger partial charge in [-0.05, 0) is 24.4 Å². The molecule has 0 radical (unpaired) electrons. The fourth-order valence-corrected chi connectivity index (χ4v) is 2.55. The smallest absolute Gasteiger partial charge is 0.200 e. The van der Waals surface area contributed by atoms with Crippen molar-refractivity contribution in [1.29, 1.82) is 0 Å². The Hall–Kier alpha value is -2.94. The summed E-state index contributed by atoms with van der Waals surface area (Å²) in [6, 6.07) is 20.1. The fraction of sp³-hybridized carbons (Fsp3) is 0.100. The van der Waals surface area contributed by atoms with Gasteiger partial charge in [-0.1, -0.05) is 54.6 Å². The van der Waals surface area contributed by atoms with E-state index in [9.17, 15) is 9.59 Å². The highest BCUT2D eigenvalue weighted by atomic mass is 16.5. The highest BCUT2D eigenvalue weighted by Gasteiger charge is 2.11. The summed E-state index contributed by atoms with van der Waals surface area (Å²) in [5.74, 6) is 0.535. The Morgan fingerprint density at radius 2 is 1.48 bits per heavy atom. The minimum atomic E-state index is -0.0784. The van der Waals surface area contributed by atoms with Gasteiger partial charge in [0.2, 0.25) is 0 Å². The van der Waals surface area contributed by atoms with E-state index < -0.39 is 0 Å². The third kappa shape index (κ3) is 3.14. The SMILES string of the molecule is CC(=O)c1ccc(OCC(=O)c2ccccc2)c2ccccc12. The lowest BCUT2D eigenvalue weighted by molar-refractivity contribution is 0.0921. The van der Waals surface area contributed by atoms with Crippen molar-refractivity contribution in [1.82, 2.24) is 0 Å². The van der Waals surface area contributed by atoms with E-state index in [-0.39, 0.29) is 18.2 Å². The minimum Gasteiger partial charge on any atom is -0.485 e. The number of Topliss-reactive ketones (excluding diaryl/α,β-unsaturated/α-hetero) is 2. The normalized spacial score (nSPS) is 10.5. The van der Waals surface area contributed by atoms with Gasteiger partial charge >= 0.3 is 0 Å². The molecule has 0 aliphatic heterocycles. The first-order valence-corrected chi connectivity index (χ1v) is 7.40. The summed E-state index contributed by atoms with van der Waals surface area (Å²) in [6.45, 7) is 1.51. The third-order valence-corrected chi connectivity index (χ3v) is 3.72. The summed E-state index contributed by atoms with van der Waals surface area (Å²) >= 11 is 0. The van der Waals surface area contributed by atoms with Gasteiger partial charge in [0.1, 0.15) is 5.75 Å². The molecule has 0 bridgehead atoms. The second-order valence-corrected chi connectivity index (χ2v) is 5.29. The molecule has 0 saturated carbocycles. The topological polar surface area (TPSA) is 43.4 Å². The zero-order valence-electron chi connectivity index (χ0n) is 12.8. The first kappa shape index (κ1) is 15.0. The second-order valence-electron chi connectivity index (χ2n) is 5.29. The Labute approximate surface area is 134 Å². The lowest BCUT2D eigenvalue weighted by Gasteiger charge is -2.11. The molecule has 0 aliphatic carbocycles. The second kappa shape index (κ2) is 6.44. The predicted octanol–water partition coefficient (Wildman–Crippen LogP) is 4.30. The van der Waals surface area contributed by atoms with E-state index in [4.69, 9.17) is 4.74 Å². The van der Waals surface area contributed by atoms with Gasteiger partial charge in [-0.3, -0.25) is 9.59 Å². The van der Waals surface area contributed by atoms with E-state index >= 15 is 0 Å². The van der Waals surface area contributed by atoms with Crippen molar-refractivity contribution in [3.63, 3.8) is 0 Å². The van der Waals surface area contributed by atoms with Crippen molar-refractivity contribution in [2.45, 2.75) is 6.92 Å². The van der Waals surface area contributed by atoms with Crippen LogP contribution in [0.5, 0.6) is 5.75 Å². The van der Waals surface area contributed by atoms with Crippen LogP contribution in [0.2, 0.25) is 0 Å². The molecule has 0 fully saturated rings. The van der Waals surface area contributed by atoms with Crippen LogP contribution in [-0.4, -0.2) is 18.2 Å². The van der Waals surface area contributed by atoms with E-state index in [1.54, 1.807) is 31.2 Å². The Kier molecular flexibility index (Phi) is 4.20. The predicted molar refractivity (Wildman–Crippen MR) is 90.2 cm³/mol. The van der Waals surface area contributed by atoms with Crippen molar-refractivity contribution in [3.05, 3.63) is 77.9 Å². The lowest BCUT2D eigenvalue weighted by atomic mass is 10.0. The number of fused-ring (bicyclic) bond motifs is 1. The Bertz CT molecular complexity index is 866. The zero-order valence-corrected chi connectivity index (χ0v) is 12.8. The van der Waals surface area contributed by atoms with Crippen LogP contribution in [0.15, 0.2) is 66.7 Å². The van der Waals surface area contributed by atoms with Gasteiger partial charge < -0.3 is 4.74 Å². The van der Waals surface area contributed by atoms with E-state index in [2.05, 4.69) is 0 Å². The van der Waals surface area contributed by atoms with E-state index in [1.165, 1.54) is 0 Å². The zero-order chi connectivity index (χ0) is 16.2. The molecule has 23 heavy (non-hydrogen) atoms. The molecule has 0 aromatic heterocycles. The minimum absolute atomic E-state index is 0.00751. The summed E-state index contributed by atoms with van der Waals surface area (Å²) in [7, 11) is 0. The van der Waals surface area contributed by atoms with Crippen LogP contribution in [0.4, 0.5) is 0 Å². The highest BCUT2D eigenvalue weighted by molar-refractivity contribution is 6.08. The van der Waals surface area contributed by atoms with Crippen LogP contribution in [0.1, 0.15) is 27.6 Å². The molecule has 0 unspecified atom stereocenters. The largest absolute Gasteiger partial charge is 0.485 e. The fourth-order valence-electron chi connectivity index (χ4n) is 2.55. The number of carbonyl (C=O) groups is 2. The number of benzene rings is 3. The molecule has 0 heterocycles. The van der Waals surface area contributed by atoms with Crippen LogP contribution < -0.4 is 4.74 Å². The molecule has 0 saturated heterocycles. The number of rotatable bonds is 5. The van der Waals surface area contributed by atoms with Crippen LogP contribution in [-0.2, 0) is 0 Å². The Morgan fingerprint density at radius 1 is 0.826 bits per heavy atom. The van der Waals surface area contributed by atoms with Gasteiger partial charge in [0.05, 0.1) is 0 Å². The average Bonchev–Trinajstić information content (AvgIpc) is 2.59. The van der Waals surface area contributed by atoms with Crippen LogP contribution in [0.3, 0.4) is 0 Å². The molecule has 3 rings (SSSR count). The van der Waals surface area contributed by atoms with Crippen LogP contribution in [0.25, 0.3) is 10.8 Å². The van der Waals surface area contributed by atoms with Gasteiger partial charge in [0.25, 0.3) is 0 Å². The molecule has 0 aliphatic rings. The number of hydrogen-bond donors (Lipinski definition) is 0. The molecule has 3 aromatic rings. The molecule has 3 heteroatoms. The van der Waals surface area contributed by atoms with Crippen molar-refractivity contribution in [2.75, 3.05) is 6.61 Å². The van der Waals surface area contributed by atoms with Crippen molar-refractivity contribution in [3.8, 4) is 5.75 Å². The average molecular weight is 304 g/mol.